The zero-order valence-corrected chi connectivity index (χ0v) is 25.0. The molecule has 2 aromatic carbocycles. The highest BCUT2D eigenvalue weighted by molar-refractivity contribution is 5.95. The van der Waals surface area contributed by atoms with Gasteiger partial charge in [0.1, 0.15) is 18.0 Å². The number of unbranched alkanes of at least 4 members (excludes halogenated alkanes) is 1. The Kier molecular flexibility index (Phi) is 11.6. The Morgan fingerprint density at radius 3 is 2.40 bits per heavy atom. The molecule has 1 saturated heterocycles. The van der Waals surface area contributed by atoms with Crippen molar-refractivity contribution < 1.29 is 28.5 Å². The monoisotopic (exact) mass is 551 g/mol. The fourth-order valence-corrected chi connectivity index (χ4v) is 4.52. The molecule has 0 amide bonds. The summed E-state index contributed by atoms with van der Waals surface area (Å²) in [5.74, 6) is 0.488. The van der Waals surface area contributed by atoms with Gasteiger partial charge in [-0.15, -0.1) is 0 Å². The molecule has 1 heterocycles. The third-order valence-corrected chi connectivity index (χ3v) is 6.60. The molecule has 218 valence electrons. The van der Waals surface area contributed by atoms with Crippen molar-refractivity contribution in [2.45, 2.75) is 66.4 Å². The highest BCUT2D eigenvalue weighted by atomic mass is 16.6. The number of carbonyl (C=O) groups excluding carboxylic acids is 2. The van der Waals surface area contributed by atoms with E-state index in [2.05, 4.69) is 30.0 Å². The summed E-state index contributed by atoms with van der Waals surface area (Å²) in [5, 5.41) is 0. The Labute approximate surface area is 239 Å². The van der Waals surface area contributed by atoms with Crippen LogP contribution in [0, 0.1) is 5.92 Å². The molecule has 0 aliphatic carbocycles. The minimum atomic E-state index is -0.568. The van der Waals surface area contributed by atoms with Crippen LogP contribution in [0.2, 0.25) is 0 Å². The largest absolute Gasteiger partial charge is 0.491 e. The minimum absolute atomic E-state index is 0.254. The van der Waals surface area contributed by atoms with E-state index in [4.69, 9.17) is 18.9 Å². The molecular formula is C33H45NO6. The van der Waals surface area contributed by atoms with Crippen molar-refractivity contribution in [1.82, 2.24) is 0 Å². The highest BCUT2D eigenvalue weighted by Crippen LogP contribution is 2.33. The summed E-state index contributed by atoms with van der Waals surface area (Å²) in [4.78, 5) is 26.4. The Balaban J connectivity index is 1.80. The van der Waals surface area contributed by atoms with Crippen LogP contribution < -0.4 is 9.64 Å². The highest BCUT2D eigenvalue weighted by Gasteiger charge is 2.25. The molecule has 0 bridgehead atoms. The van der Waals surface area contributed by atoms with Crippen LogP contribution >= 0.6 is 0 Å². The molecule has 0 spiro atoms. The topological polar surface area (TPSA) is 74.3 Å². The number of ether oxygens (including phenoxy) is 4. The van der Waals surface area contributed by atoms with E-state index in [-0.39, 0.29) is 17.9 Å². The van der Waals surface area contributed by atoms with Gasteiger partial charge in [0.05, 0.1) is 13.2 Å². The van der Waals surface area contributed by atoms with Crippen LogP contribution in [0.25, 0.3) is 17.2 Å². The molecule has 3 rings (SSSR count). The van der Waals surface area contributed by atoms with Gasteiger partial charge in [0.2, 0.25) is 0 Å². The summed E-state index contributed by atoms with van der Waals surface area (Å²) < 4.78 is 22.3. The summed E-state index contributed by atoms with van der Waals surface area (Å²) in [6, 6.07) is 14.3. The lowest BCUT2D eigenvalue weighted by molar-refractivity contribution is -0.149. The van der Waals surface area contributed by atoms with Crippen molar-refractivity contribution in [2.75, 3.05) is 44.4 Å². The molecule has 0 radical (unpaired) electrons. The van der Waals surface area contributed by atoms with Gasteiger partial charge in [-0.25, -0.2) is 4.79 Å². The van der Waals surface area contributed by atoms with Crippen LogP contribution in [0.15, 0.2) is 48.0 Å². The number of rotatable bonds is 13. The van der Waals surface area contributed by atoms with E-state index in [1.54, 1.807) is 6.92 Å². The van der Waals surface area contributed by atoms with Gasteiger partial charge in [-0.05, 0) is 87.6 Å². The van der Waals surface area contributed by atoms with Crippen LogP contribution in [0.1, 0.15) is 66.4 Å². The fraction of sp³-hybridized carbons (Fsp3) is 0.515. The third kappa shape index (κ3) is 10.0. The van der Waals surface area contributed by atoms with E-state index in [1.807, 2.05) is 51.1 Å². The van der Waals surface area contributed by atoms with E-state index in [1.165, 1.54) is 6.92 Å². The van der Waals surface area contributed by atoms with Crippen molar-refractivity contribution in [2.24, 2.45) is 5.92 Å². The van der Waals surface area contributed by atoms with E-state index in [0.29, 0.717) is 25.4 Å². The smallest absolute Gasteiger partial charge is 0.334 e. The molecule has 1 aliphatic heterocycles. The maximum absolute atomic E-state index is 12.8. The molecule has 0 N–H and O–H groups in total. The molecule has 2 aromatic rings. The van der Waals surface area contributed by atoms with Crippen LogP contribution in [0.4, 0.5) is 5.69 Å². The molecule has 1 atom stereocenters. The molecular weight excluding hydrogens is 506 g/mol. The second-order valence-corrected chi connectivity index (χ2v) is 11.3. The average Bonchev–Trinajstić information content (AvgIpc) is 3.37. The number of nitrogens with zero attached hydrogens (tertiary/aromatic N) is 1. The van der Waals surface area contributed by atoms with Gasteiger partial charge in [-0.3, -0.25) is 4.79 Å². The van der Waals surface area contributed by atoms with Gasteiger partial charge < -0.3 is 23.8 Å². The SMILES string of the molecule is CCCCOCCOc1ccc(-c2ccc(N3CCC(COC(C)=O)C3)c(C=C(C)C(=O)OC(C)(C)C)c2)cc1. The second-order valence-electron chi connectivity index (χ2n) is 11.3. The van der Waals surface area contributed by atoms with E-state index in [0.717, 1.165) is 67.1 Å². The van der Waals surface area contributed by atoms with Crippen molar-refractivity contribution in [3.05, 3.63) is 53.6 Å². The number of carbonyl (C=O) groups is 2. The molecule has 40 heavy (non-hydrogen) atoms. The quantitative estimate of drug-likeness (QED) is 0.156. The van der Waals surface area contributed by atoms with Gasteiger partial charge in [0.15, 0.2) is 0 Å². The first-order valence-corrected chi connectivity index (χ1v) is 14.3. The Hall–Kier alpha value is -3.32. The van der Waals surface area contributed by atoms with Crippen molar-refractivity contribution in [3.63, 3.8) is 0 Å². The first-order valence-electron chi connectivity index (χ1n) is 14.3. The lowest BCUT2D eigenvalue weighted by Gasteiger charge is -2.23. The van der Waals surface area contributed by atoms with Gasteiger partial charge in [-0.2, -0.15) is 0 Å². The summed E-state index contributed by atoms with van der Waals surface area (Å²) in [6.45, 7) is 14.9. The number of hydrogen-bond donors (Lipinski definition) is 0. The average molecular weight is 552 g/mol. The standard InChI is InChI=1S/C33H45NO6/c1-7-8-17-37-18-19-38-30-12-9-27(10-13-30)28-11-14-31(34-16-15-26(22-34)23-39-25(3)35)29(21-28)20-24(2)32(36)40-33(4,5)6/h9-14,20-21,26H,7-8,15-19,22-23H2,1-6H3. The first-order chi connectivity index (χ1) is 19.1. The molecule has 7 heteroatoms. The number of benzene rings is 2. The molecule has 0 saturated carbocycles. The van der Waals surface area contributed by atoms with E-state index >= 15 is 0 Å². The van der Waals surface area contributed by atoms with Crippen molar-refractivity contribution in [1.29, 1.82) is 0 Å². The second kappa shape index (κ2) is 14.9. The summed E-state index contributed by atoms with van der Waals surface area (Å²) in [5.41, 5.74) is 4.04. The maximum atomic E-state index is 12.8. The molecule has 7 nitrogen and oxygen atoms in total. The van der Waals surface area contributed by atoms with E-state index < -0.39 is 5.60 Å². The summed E-state index contributed by atoms with van der Waals surface area (Å²) >= 11 is 0. The van der Waals surface area contributed by atoms with Gasteiger partial charge >= 0.3 is 11.9 Å². The maximum Gasteiger partial charge on any atom is 0.334 e. The lowest BCUT2D eigenvalue weighted by atomic mass is 9.99. The Bertz CT molecular complexity index is 1150. The predicted molar refractivity (Wildman–Crippen MR) is 160 cm³/mol. The Morgan fingerprint density at radius 2 is 1.73 bits per heavy atom. The molecule has 1 aliphatic rings. The normalized spacial score (nSPS) is 15.7. The van der Waals surface area contributed by atoms with Crippen LogP contribution in [-0.2, 0) is 23.8 Å². The van der Waals surface area contributed by atoms with Crippen LogP contribution in [-0.4, -0.2) is 57.1 Å². The van der Waals surface area contributed by atoms with Crippen molar-refractivity contribution in [3.8, 4) is 16.9 Å². The van der Waals surface area contributed by atoms with Crippen molar-refractivity contribution >= 4 is 23.7 Å². The zero-order valence-electron chi connectivity index (χ0n) is 25.0. The predicted octanol–water partition coefficient (Wildman–Crippen LogP) is 6.68. The Morgan fingerprint density at radius 1 is 1.00 bits per heavy atom. The van der Waals surface area contributed by atoms with Gasteiger partial charge in [0, 0.05) is 43.8 Å². The number of anilines is 1. The van der Waals surface area contributed by atoms with E-state index in [9.17, 15) is 9.59 Å². The minimum Gasteiger partial charge on any atom is -0.491 e. The molecule has 1 unspecified atom stereocenters. The van der Waals surface area contributed by atoms with Gasteiger partial charge in [-0.1, -0.05) is 31.5 Å². The van der Waals surface area contributed by atoms with Crippen LogP contribution in [0.5, 0.6) is 5.75 Å². The summed E-state index contributed by atoms with van der Waals surface area (Å²) in [7, 11) is 0. The molecule has 1 fully saturated rings. The zero-order chi connectivity index (χ0) is 29.1. The number of hydrogen-bond acceptors (Lipinski definition) is 7. The fourth-order valence-electron chi connectivity index (χ4n) is 4.52. The van der Waals surface area contributed by atoms with Crippen LogP contribution in [0.3, 0.4) is 0 Å². The number of esters is 2. The molecule has 0 aromatic heterocycles. The summed E-state index contributed by atoms with van der Waals surface area (Å²) in [6.07, 6.45) is 5.03. The first kappa shape index (κ1) is 31.2. The van der Waals surface area contributed by atoms with Gasteiger partial charge in [0.25, 0.3) is 0 Å². The third-order valence-electron chi connectivity index (χ3n) is 6.60. The lowest BCUT2D eigenvalue weighted by Crippen LogP contribution is -2.24.